The molecule has 4 aromatic rings. The Kier molecular flexibility index (Phi) is 8.29. The number of fused-ring (bicyclic) bond motifs is 1. The van der Waals surface area contributed by atoms with E-state index in [0.29, 0.717) is 34.1 Å². The van der Waals surface area contributed by atoms with Crippen molar-refractivity contribution in [2.24, 2.45) is 5.92 Å². The summed E-state index contributed by atoms with van der Waals surface area (Å²) in [6.07, 6.45) is 0.805. The van der Waals surface area contributed by atoms with E-state index >= 15 is 0 Å². The number of nitrogens with zero attached hydrogens (tertiary/aromatic N) is 4. The number of rotatable bonds is 10. The number of nitrogens with one attached hydrogen (secondary N) is 1. The van der Waals surface area contributed by atoms with Gasteiger partial charge in [-0.15, -0.1) is 16.4 Å². The zero-order valence-corrected chi connectivity index (χ0v) is 21.8. The molecule has 0 radical (unpaired) electrons. The monoisotopic (exact) mass is 519 g/mol. The van der Waals surface area contributed by atoms with E-state index in [4.69, 9.17) is 4.74 Å². The summed E-state index contributed by atoms with van der Waals surface area (Å²) < 4.78 is 6.39. The molecule has 1 atom stereocenters. The van der Waals surface area contributed by atoms with Gasteiger partial charge in [-0.3, -0.25) is 14.5 Å². The third kappa shape index (κ3) is 6.03. The second kappa shape index (κ2) is 11.8. The average molecular weight is 520 g/mol. The topological polar surface area (TPSA) is 106 Å². The summed E-state index contributed by atoms with van der Waals surface area (Å²) in [5.74, 6) is -0.806. The average Bonchev–Trinajstić information content (AvgIpc) is 3.57. The molecule has 4 rings (SSSR count). The Bertz CT molecular complexity index is 1380. The van der Waals surface area contributed by atoms with Crippen molar-refractivity contribution in [3.63, 3.8) is 0 Å². The number of aromatic nitrogens is 3. The Morgan fingerprint density at radius 3 is 2.62 bits per heavy atom. The van der Waals surface area contributed by atoms with Crippen molar-refractivity contribution in [1.82, 2.24) is 20.3 Å². The van der Waals surface area contributed by atoms with Gasteiger partial charge >= 0.3 is 5.97 Å². The van der Waals surface area contributed by atoms with Gasteiger partial charge in [0.15, 0.2) is 0 Å². The Hall–Kier alpha value is -4.05. The zero-order chi connectivity index (χ0) is 26.4. The minimum Gasteiger partial charge on any atom is -0.465 e. The van der Waals surface area contributed by atoms with Gasteiger partial charge in [-0.25, -0.2) is 9.48 Å². The first-order valence-electron chi connectivity index (χ1n) is 12.0. The van der Waals surface area contributed by atoms with Crippen molar-refractivity contribution >= 4 is 45.8 Å². The van der Waals surface area contributed by atoms with Gasteiger partial charge in [0.25, 0.3) is 0 Å². The van der Waals surface area contributed by atoms with E-state index < -0.39 is 12.0 Å². The molecule has 0 aliphatic carbocycles. The molecule has 0 aliphatic heterocycles. The number of hydrogen-bond donors (Lipinski definition) is 1. The summed E-state index contributed by atoms with van der Waals surface area (Å²) in [5, 5.41) is 13.2. The molecule has 0 unspecified atom stereocenters. The highest BCUT2D eigenvalue weighted by Crippen LogP contribution is 2.32. The molecule has 2 aromatic carbocycles. The molecule has 9 nitrogen and oxygen atoms in total. The lowest BCUT2D eigenvalue weighted by Gasteiger charge is -2.31. The van der Waals surface area contributed by atoms with E-state index in [-0.39, 0.29) is 23.9 Å². The van der Waals surface area contributed by atoms with Gasteiger partial charge in [-0.1, -0.05) is 43.3 Å². The fourth-order valence-electron chi connectivity index (χ4n) is 3.98. The quantitative estimate of drug-likeness (QED) is 0.315. The summed E-state index contributed by atoms with van der Waals surface area (Å²) in [4.78, 5) is 42.0. The predicted octanol–water partition coefficient (Wildman–Crippen LogP) is 4.22. The van der Waals surface area contributed by atoms with Crippen molar-refractivity contribution in [3.8, 4) is 0 Å². The molecule has 2 aromatic heterocycles. The summed E-state index contributed by atoms with van der Waals surface area (Å²) in [7, 11) is 1.30. The Labute approximate surface area is 219 Å². The van der Waals surface area contributed by atoms with Crippen molar-refractivity contribution in [2.75, 3.05) is 18.6 Å². The zero-order valence-electron chi connectivity index (χ0n) is 21.0. The van der Waals surface area contributed by atoms with E-state index in [1.165, 1.54) is 28.0 Å². The van der Waals surface area contributed by atoms with Gasteiger partial charge in [0.2, 0.25) is 11.8 Å². The molecule has 0 saturated carbocycles. The first-order chi connectivity index (χ1) is 17.9. The van der Waals surface area contributed by atoms with Crippen molar-refractivity contribution in [1.29, 1.82) is 0 Å². The Balaban J connectivity index is 1.76. The van der Waals surface area contributed by atoms with Crippen LogP contribution in [0.4, 0.5) is 5.69 Å². The van der Waals surface area contributed by atoms with Crippen molar-refractivity contribution < 1.29 is 19.1 Å². The third-order valence-electron chi connectivity index (χ3n) is 5.86. The highest BCUT2D eigenvalue weighted by Gasteiger charge is 2.34. The van der Waals surface area contributed by atoms with Crippen LogP contribution >= 0.6 is 11.3 Å². The molecule has 2 heterocycles. The largest absolute Gasteiger partial charge is 0.465 e. The molecular weight excluding hydrogens is 490 g/mol. The van der Waals surface area contributed by atoms with Crippen LogP contribution in [0.1, 0.15) is 41.5 Å². The number of esters is 1. The number of methoxy groups -OCH3 is 1. The number of amides is 2. The van der Waals surface area contributed by atoms with Crippen molar-refractivity contribution in [2.45, 2.75) is 32.9 Å². The summed E-state index contributed by atoms with van der Waals surface area (Å²) in [6.45, 7) is 4.50. The van der Waals surface area contributed by atoms with Crippen LogP contribution in [0.15, 0.2) is 66.0 Å². The highest BCUT2D eigenvalue weighted by molar-refractivity contribution is 7.10. The number of para-hydroxylation sites is 1. The molecule has 37 heavy (non-hydrogen) atoms. The number of carbonyl (C=O) groups is 3. The standard InChI is InChI=1S/C27H29N5O4S/c1-18(2)13-14-28-26(34)25(23-12-7-15-37-23)32(20-9-6-8-19(16-20)27(35)36-3)24(33)17-31-22-11-5-4-10-21(22)29-30-31/h4-12,15-16,18,25H,13-14,17H2,1-3H3,(H,28,34)/t25-/m0/s1. The van der Waals surface area contributed by atoms with Crippen LogP contribution in [0.25, 0.3) is 11.0 Å². The van der Waals surface area contributed by atoms with Gasteiger partial charge in [0.1, 0.15) is 18.1 Å². The van der Waals surface area contributed by atoms with Crippen LogP contribution in [0.2, 0.25) is 0 Å². The Morgan fingerprint density at radius 2 is 1.89 bits per heavy atom. The number of thiophene rings is 1. The van der Waals surface area contributed by atoms with Crippen LogP contribution in [-0.2, 0) is 20.9 Å². The van der Waals surface area contributed by atoms with Gasteiger partial charge in [0.05, 0.1) is 18.2 Å². The summed E-state index contributed by atoms with van der Waals surface area (Å²) >= 11 is 1.38. The number of hydrogen-bond acceptors (Lipinski definition) is 7. The minimum absolute atomic E-state index is 0.149. The molecule has 10 heteroatoms. The fourth-order valence-corrected chi connectivity index (χ4v) is 4.79. The van der Waals surface area contributed by atoms with Crippen LogP contribution in [0.3, 0.4) is 0 Å². The van der Waals surface area contributed by atoms with Gasteiger partial charge < -0.3 is 10.1 Å². The lowest BCUT2D eigenvalue weighted by molar-refractivity contribution is -0.126. The van der Waals surface area contributed by atoms with E-state index in [0.717, 1.165) is 6.42 Å². The summed E-state index contributed by atoms with van der Waals surface area (Å²) in [5.41, 5.74) is 2.04. The van der Waals surface area contributed by atoms with Crippen LogP contribution < -0.4 is 10.2 Å². The van der Waals surface area contributed by atoms with Gasteiger partial charge in [0, 0.05) is 17.1 Å². The van der Waals surface area contributed by atoms with E-state index in [1.54, 1.807) is 24.3 Å². The number of ether oxygens (including phenoxy) is 1. The Morgan fingerprint density at radius 1 is 1.08 bits per heavy atom. The molecule has 0 saturated heterocycles. The lowest BCUT2D eigenvalue weighted by atomic mass is 10.1. The van der Waals surface area contributed by atoms with Crippen LogP contribution in [0.5, 0.6) is 0 Å². The molecule has 0 spiro atoms. The molecule has 0 aliphatic rings. The first-order valence-corrected chi connectivity index (χ1v) is 12.9. The highest BCUT2D eigenvalue weighted by atomic mass is 32.1. The first kappa shape index (κ1) is 26.0. The van der Waals surface area contributed by atoms with Crippen molar-refractivity contribution in [3.05, 3.63) is 76.5 Å². The van der Waals surface area contributed by atoms with Gasteiger partial charge in [-0.05, 0) is 54.1 Å². The molecular formula is C27H29N5O4S. The lowest BCUT2D eigenvalue weighted by Crippen LogP contribution is -2.45. The predicted molar refractivity (Wildman–Crippen MR) is 142 cm³/mol. The molecule has 0 fully saturated rings. The SMILES string of the molecule is COC(=O)c1cccc(N(C(=O)Cn2nnc3ccccc32)[C@H](C(=O)NCCC(C)C)c2cccs2)c1. The minimum atomic E-state index is -0.942. The maximum absolute atomic E-state index is 14.0. The molecule has 2 amide bonds. The molecule has 0 bridgehead atoms. The smallest absolute Gasteiger partial charge is 0.337 e. The maximum Gasteiger partial charge on any atom is 0.337 e. The second-order valence-electron chi connectivity index (χ2n) is 8.93. The molecule has 192 valence electrons. The van der Waals surface area contributed by atoms with E-state index in [9.17, 15) is 14.4 Å². The normalized spacial score (nSPS) is 11.9. The number of carbonyl (C=O) groups excluding carboxylic acids is 3. The maximum atomic E-state index is 14.0. The second-order valence-corrected chi connectivity index (χ2v) is 9.91. The molecule has 1 N–H and O–H groups in total. The number of benzene rings is 2. The third-order valence-corrected chi connectivity index (χ3v) is 6.78. The van der Waals surface area contributed by atoms with Crippen LogP contribution in [-0.4, -0.2) is 46.4 Å². The number of anilines is 1. The van der Waals surface area contributed by atoms with Crippen LogP contribution in [0, 0.1) is 5.92 Å². The van der Waals surface area contributed by atoms with Gasteiger partial charge in [-0.2, -0.15) is 0 Å². The fraction of sp³-hybridized carbons (Fsp3) is 0.296. The van der Waals surface area contributed by atoms with E-state index in [1.807, 2.05) is 41.8 Å². The summed E-state index contributed by atoms with van der Waals surface area (Å²) in [6, 6.07) is 16.6. The van der Waals surface area contributed by atoms with E-state index in [2.05, 4.69) is 29.5 Å².